The van der Waals surface area contributed by atoms with Crippen molar-refractivity contribution in [3.8, 4) is 0 Å². The van der Waals surface area contributed by atoms with Crippen molar-refractivity contribution in [1.82, 2.24) is 9.88 Å². The molecule has 0 spiro atoms. The summed E-state index contributed by atoms with van der Waals surface area (Å²) in [7, 11) is 1.94. The van der Waals surface area contributed by atoms with Crippen LogP contribution in [-0.2, 0) is 0 Å². The second kappa shape index (κ2) is 6.04. The highest BCUT2D eigenvalue weighted by Crippen LogP contribution is 2.48. The van der Waals surface area contributed by atoms with Crippen molar-refractivity contribution in [2.45, 2.75) is 32.6 Å². The average molecular weight is 287 g/mol. The Morgan fingerprint density at radius 1 is 1.43 bits per heavy atom. The molecule has 1 aromatic heterocycles. The summed E-state index contributed by atoms with van der Waals surface area (Å²) < 4.78 is 0. The number of rotatable bonds is 5. The maximum Gasteiger partial charge on any atom is 0.255 e. The van der Waals surface area contributed by atoms with Crippen LogP contribution >= 0.6 is 0 Å². The summed E-state index contributed by atoms with van der Waals surface area (Å²) >= 11 is 0. The summed E-state index contributed by atoms with van der Waals surface area (Å²) in [5.41, 5.74) is 1.57. The van der Waals surface area contributed by atoms with Gasteiger partial charge in [0, 0.05) is 26.3 Å². The van der Waals surface area contributed by atoms with Crippen LogP contribution in [0.1, 0.15) is 43.0 Å². The van der Waals surface area contributed by atoms with Gasteiger partial charge >= 0.3 is 0 Å². The van der Waals surface area contributed by atoms with Crippen molar-refractivity contribution in [2.24, 2.45) is 17.8 Å². The molecule has 2 aliphatic rings. The quantitative estimate of drug-likeness (QED) is 0.905. The summed E-state index contributed by atoms with van der Waals surface area (Å²) in [6.07, 6.45) is 8.92. The number of pyridine rings is 1. The summed E-state index contributed by atoms with van der Waals surface area (Å²) in [6, 6.07) is 1.82. The summed E-state index contributed by atoms with van der Waals surface area (Å²) in [4.78, 5) is 18.7. The molecule has 0 aromatic carbocycles. The molecule has 1 aromatic rings. The largest absolute Gasteiger partial charge is 0.383 e. The monoisotopic (exact) mass is 287 g/mol. The third-order valence-electron chi connectivity index (χ3n) is 5.16. The van der Waals surface area contributed by atoms with Crippen LogP contribution < -0.4 is 5.32 Å². The molecule has 21 heavy (non-hydrogen) atoms. The molecule has 0 saturated heterocycles. The van der Waals surface area contributed by atoms with E-state index in [1.54, 1.807) is 12.4 Å². The molecular weight excluding hydrogens is 262 g/mol. The van der Waals surface area contributed by atoms with E-state index in [0.29, 0.717) is 5.92 Å². The molecule has 0 radical (unpaired) electrons. The van der Waals surface area contributed by atoms with Gasteiger partial charge in [-0.1, -0.05) is 6.42 Å². The fourth-order valence-electron chi connectivity index (χ4n) is 4.15. The van der Waals surface area contributed by atoms with Crippen LogP contribution in [-0.4, -0.2) is 35.9 Å². The maximum atomic E-state index is 12.7. The molecule has 0 aliphatic heterocycles. The Bertz CT molecular complexity index is 517. The van der Waals surface area contributed by atoms with E-state index in [-0.39, 0.29) is 5.91 Å². The van der Waals surface area contributed by atoms with Crippen molar-refractivity contribution >= 4 is 11.6 Å². The van der Waals surface area contributed by atoms with Crippen LogP contribution in [0.5, 0.6) is 0 Å². The van der Waals surface area contributed by atoms with Crippen molar-refractivity contribution in [2.75, 3.05) is 25.5 Å². The molecule has 4 heteroatoms. The van der Waals surface area contributed by atoms with Crippen LogP contribution in [0.4, 0.5) is 5.69 Å². The number of hydrogen-bond acceptors (Lipinski definition) is 3. The SMILES string of the molecule is CCNc1cnccc1C(=O)N(C)CC1CC2CCC1C2. The lowest BCUT2D eigenvalue weighted by atomic mass is 9.88. The number of nitrogens with zero attached hydrogens (tertiary/aromatic N) is 2. The van der Waals surface area contributed by atoms with Crippen LogP contribution in [0.2, 0.25) is 0 Å². The third kappa shape index (κ3) is 2.89. The highest BCUT2D eigenvalue weighted by atomic mass is 16.2. The van der Waals surface area contributed by atoms with E-state index >= 15 is 0 Å². The molecule has 3 rings (SSSR count). The Morgan fingerprint density at radius 2 is 2.29 bits per heavy atom. The topological polar surface area (TPSA) is 45.2 Å². The highest BCUT2D eigenvalue weighted by Gasteiger charge is 2.40. The lowest BCUT2D eigenvalue weighted by Crippen LogP contribution is -2.34. The van der Waals surface area contributed by atoms with Crippen LogP contribution in [0.15, 0.2) is 18.5 Å². The van der Waals surface area contributed by atoms with Gasteiger partial charge in [0.05, 0.1) is 17.4 Å². The zero-order valence-electron chi connectivity index (χ0n) is 13.0. The molecular formula is C17H25N3O. The summed E-state index contributed by atoms with van der Waals surface area (Å²) in [6.45, 7) is 3.72. The Balaban J connectivity index is 1.67. The van der Waals surface area contributed by atoms with Crippen LogP contribution in [0.25, 0.3) is 0 Å². The van der Waals surface area contributed by atoms with Crippen molar-refractivity contribution < 1.29 is 4.79 Å². The van der Waals surface area contributed by atoms with Gasteiger partial charge in [-0.2, -0.15) is 0 Å². The minimum absolute atomic E-state index is 0.108. The number of nitrogens with one attached hydrogen (secondary N) is 1. The molecule has 2 aliphatic carbocycles. The lowest BCUT2D eigenvalue weighted by molar-refractivity contribution is 0.0755. The molecule has 2 saturated carbocycles. The Kier molecular flexibility index (Phi) is 4.13. The molecule has 114 valence electrons. The van der Waals surface area contributed by atoms with Gasteiger partial charge in [0.15, 0.2) is 0 Å². The standard InChI is InChI=1S/C17H25N3O/c1-3-19-16-10-18-7-6-15(16)17(21)20(2)11-14-9-12-4-5-13(14)8-12/h6-7,10,12-14,19H,3-5,8-9,11H2,1-2H3. The van der Waals surface area contributed by atoms with E-state index in [4.69, 9.17) is 0 Å². The molecule has 4 nitrogen and oxygen atoms in total. The van der Waals surface area contributed by atoms with E-state index in [1.165, 1.54) is 25.7 Å². The van der Waals surface area contributed by atoms with Crippen LogP contribution in [0.3, 0.4) is 0 Å². The fraction of sp³-hybridized carbons (Fsp3) is 0.647. The molecule has 3 atom stereocenters. The third-order valence-corrected chi connectivity index (χ3v) is 5.16. The van der Waals surface area contributed by atoms with Gasteiger partial charge in [-0.15, -0.1) is 0 Å². The zero-order chi connectivity index (χ0) is 14.8. The van der Waals surface area contributed by atoms with Gasteiger partial charge in [0.25, 0.3) is 5.91 Å². The lowest BCUT2D eigenvalue weighted by Gasteiger charge is -2.27. The summed E-state index contributed by atoms with van der Waals surface area (Å²) in [5, 5.41) is 3.22. The number of carbonyl (C=O) groups is 1. The predicted octanol–water partition coefficient (Wildman–Crippen LogP) is 3.02. The van der Waals surface area contributed by atoms with Gasteiger partial charge in [-0.3, -0.25) is 9.78 Å². The number of hydrogen-bond donors (Lipinski definition) is 1. The first-order valence-corrected chi connectivity index (χ1v) is 8.12. The Labute approximate surface area is 126 Å². The number of anilines is 1. The van der Waals surface area contributed by atoms with E-state index in [9.17, 15) is 4.79 Å². The van der Waals surface area contributed by atoms with Gasteiger partial charge in [0.1, 0.15) is 0 Å². The first-order valence-electron chi connectivity index (χ1n) is 8.12. The molecule has 1 N–H and O–H groups in total. The minimum Gasteiger partial charge on any atom is -0.383 e. The molecule has 1 amide bonds. The van der Waals surface area contributed by atoms with Crippen molar-refractivity contribution in [1.29, 1.82) is 0 Å². The second-order valence-corrected chi connectivity index (χ2v) is 6.57. The van der Waals surface area contributed by atoms with Gasteiger partial charge in [0.2, 0.25) is 0 Å². The van der Waals surface area contributed by atoms with E-state index in [2.05, 4.69) is 10.3 Å². The number of carbonyl (C=O) groups excluding carboxylic acids is 1. The molecule has 1 heterocycles. The highest BCUT2D eigenvalue weighted by molar-refractivity contribution is 5.99. The normalized spacial score (nSPS) is 26.9. The van der Waals surface area contributed by atoms with Gasteiger partial charge in [-0.25, -0.2) is 0 Å². The average Bonchev–Trinajstić information content (AvgIpc) is 3.10. The maximum absolute atomic E-state index is 12.7. The smallest absolute Gasteiger partial charge is 0.255 e. The zero-order valence-corrected chi connectivity index (χ0v) is 13.0. The first kappa shape index (κ1) is 14.4. The first-order chi connectivity index (χ1) is 10.2. The Morgan fingerprint density at radius 3 is 2.95 bits per heavy atom. The van der Waals surface area contributed by atoms with E-state index in [0.717, 1.165) is 36.2 Å². The number of amides is 1. The van der Waals surface area contributed by atoms with E-state index in [1.807, 2.05) is 24.9 Å². The second-order valence-electron chi connectivity index (χ2n) is 6.57. The number of fused-ring (bicyclic) bond motifs is 2. The molecule has 2 bridgehead atoms. The van der Waals surface area contributed by atoms with Crippen LogP contribution in [0, 0.1) is 17.8 Å². The van der Waals surface area contributed by atoms with Crippen molar-refractivity contribution in [3.05, 3.63) is 24.0 Å². The van der Waals surface area contributed by atoms with Gasteiger partial charge in [-0.05, 0) is 50.0 Å². The fourth-order valence-corrected chi connectivity index (χ4v) is 4.15. The summed E-state index contributed by atoms with van der Waals surface area (Å²) in [5.74, 6) is 2.61. The molecule has 3 unspecified atom stereocenters. The minimum atomic E-state index is 0.108. The van der Waals surface area contributed by atoms with Gasteiger partial charge < -0.3 is 10.2 Å². The predicted molar refractivity (Wildman–Crippen MR) is 84.3 cm³/mol. The van der Waals surface area contributed by atoms with E-state index < -0.39 is 0 Å². The van der Waals surface area contributed by atoms with Crippen molar-refractivity contribution in [3.63, 3.8) is 0 Å². The molecule has 2 fully saturated rings. The number of aromatic nitrogens is 1. The Hall–Kier alpha value is -1.58.